The number of anilines is 1. The Morgan fingerprint density at radius 3 is 3.12 bits per heavy atom. The summed E-state index contributed by atoms with van der Waals surface area (Å²) in [5, 5.41) is 5.50. The summed E-state index contributed by atoms with van der Waals surface area (Å²) in [5.74, 6) is 1.95. The first-order valence-electron chi connectivity index (χ1n) is 5.85. The highest BCUT2D eigenvalue weighted by Gasteiger charge is 2.16. The number of fused-ring (bicyclic) bond motifs is 1. The second-order valence-corrected chi connectivity index (χ2v) is 5.29. The van der Waals surface area contributed by atoms with E-state index in [4.69, 9.17) is 0 Å². The molecule has 3 rings (SSSR count). The van der Waals surface area contributed by atoms with E-state index in [0.717, 1.165) is 23.8 Å². The molecule has 16 heavy (non-hydrogen) atoms. The highest BCUT2D eigenvalue weighted by atomic mass is 32.1. The molecule has 4 heteroatoms. The third-order valence-electron chi connectivity index (χ3n) is 3.31. The average molecular weight is 233 g/mol. The summed E-state index contributed by atoms with van der Waals surface area (Å²) in [6, 6.07) is 2.04. The van der Waals surface area contributed by atoms with Gasteiger partial charge in [-0.25, -0.2) is 9.97 Å². The molecular formula is C12H15N3S. The molecule has 0 atom stereocenters. The van der Waals surface area contributed by atoms with Crippen molar-refractivity contribution in [1.82, 2.24) is 9.97 Å². The second-order valence-electron chi connectivity index (χ2n) is 4.37. The summed E-state index contributed by atoms with van der Waals surface area (Å²) in [6.07, 6.45) is 7.17. The first kappa shape index (κ1) is 10.0. The number of nitrogens with zero attached hydrogens (tertiary/aromatic N) is 2. The fourth-order valence-corrected chi connectivity index (χ4v) is 2.90. The monoisotopic (exact) mass is 233 g/mol. The van der Waals surface area contributed by atoms with E-state index in [0.29, 0.717) is 0 Å². The van der Waals surface area contributed by atoms with Crippen LogP contribution in [0.4, 0.5) is 5.82 Å². The molecule has 1 aliphatic carbocycles. The molecule has 1 N–H and O–H groups in total. The van der Waals surface area contributed by atoms with Crippen molar-refractivity contribution in [1.29, 1.82) is 0 Å². The molecule has 0 saturated heterocycles. The van der Waals surface area contributed by atoms with Gasteiger partial charge >= 0.3 is 0 Å². The lowest BCUT2D eigenvalue weighted by atomic mass is 9.83. The van der Waals surface area contributed by atoms with Gasteiger partial charge in [-0.05, 0) is 23.8 Å². The normalized spacial score (nSPS) is 16.2. The first-order valence-corrected chi connectivity index (χ1v) is 6.73. The smallest absolute Gasteiger partial charge is 0.147 e. The zero-order chi connectivity index (χ0) is 10.8. The third kappa shape index (κ3) is 1.89. The van der Waals surface area contributed by atoms with E-state index < -0.39 is 0 Å². The summed E-state index contributed by atoms with van der Waals surface area (Å²) < 4.78 is 1.18. The minimum Gasteiger partial charge on any atom is -0.369 e. The van der Waals surface area contributed by atoms with Crippen molar-refractivity contribution < 1.29 is 0 Å². The van der Waals surface area contributed by atoms with Gasteiger partial charge in [0.05, 0.1) is 10.2 Å². The molecule has 0 amide bonds. The van der Waals surface area contributed by atoms with E-state index in [9.17, 15) is 0 Å². The minimum atomic E-state index is 0.952. The van der Waals surface area contributed by atoms with Crippen molar-refractivity contribution in [3.63, 3.8) is 0 Å². The Balaban J connectivity index is 1.66. The van der Waals surface area contributed by atoms with Crippen LogP contribution in [0.25, 0.3) is 10.2 Å². The predicted octanol–water partition coefficient (Wildman–Crippen LogP) is 3.29. The van der Waals surface area contributed by atoms with Gasteiger partial charge in [-0.2, -0.15) is 0 Å². The van der Waals surface area contributed by atoms with Crippen LogP contribution in [0.3, 0.4) is 0 Å². The zero-order valence-corrected chi connectivity index (χ0v) is 9.96. The molecule has 1 fully saturated rings. The van der Waals surface area contributed by atoms with Crippen molar-refractivity contribution in [2.75, 3.05) is 11.9 Å². The number of hydrogen-bond acceptors (Lipinski definition) is 4. The van der Waals surface area contributed by atoms with Gasteiger partial charge in [0.15, 0.2) is 0 Å². The Bertz CT molecular complexity index is 476. The van der Waals surface area contributed by atoms with Gasteiger partial charge in [0.2, 0.25) is 0 Å². The van der Waals surface area contributed by atoms with Crippen LogP contribution in [0, 0.1) is 5.92 Å². The summed E-state index contributed by atoms with van der Waals surface area (Å²) in [4.78, 5) is 8.54. The molecule has 1 aliphatic rings. The van der Waals surface area contributed by atoms with Crippen molar-refractivity contribution >= 4 is 27.4 Å². The van der Waals surface area contributed by atoms with Gasteiger partial charge in [-0.15, -0.1) is 11.3 Å². The largest absolute Gasteiger partial charge is 0.369 e. The number of thiophene rings is 1. The number of nitrogens with one attached hydrogen (secondary N) is 1. The van der Waals surface area contributed by atoms with Crippen molar-refractivity contribution in [2.24, 2.45) is 5.92 Å². The van der Waals surface area contributed by atoms with E-state index in [-0.39, 0.29) is 0 Å². The maximum Gasteiger partial charge on any atom is 0.147 e. The Morgan fingerprint density at radius 2 is 2.31 bits per heavy atom. The quantitative estimate of drug-likeness (QED) is 0.880. The predicted molar refractivity (Wildman–Crippen MR) is 67.9 cm³/mol. The SMILES string of the molecule is c1nc(NCCC2CCC2)c2sccc2n1. The average Bonchev–Trinajstić information content (AvgIpc) is 2.70. The lowest BCUT2D eigenvalue weighted by Gasteiger charge is -2.25. The number of aromatic nitrogens is 2. The highest BCUT2D eigenvalue weighted by molar-refractivity contribution is 7.17. The molecule has 3 nitrogen and oxygen atoms in total. The molecule has 84 valence electrons. The highest BCUT2D eigenvalue weighted by Crippen LogP contribution is 2.30. The van der Waals surface area contributed by atoms with Gasteiger partial charge in [0.25, 0.3) is 0 Å². The molecule has 2 aromatic rings. The Hall–Kier alpha value is -1.16. The van der Waals surface area contributed by atoms with Crippen LogP contribution in [-0.2, 0) is 0 Å². The third-order valence-corrected chi connectivity index (χ3v) is 4.22. The molecular weight excluding hydrogens is 218 g/mol. The number of rotatable bonds is 4. The topological polar surface area (TPSA) is 37.8 Å². The maximum atomic E-state index is 4.31. The summed E-state index contributed by atoms with van der Waals surface area (Å²) in [6.45, 7) is 1.04. The fraction of sp³-hybridized carbons (Fsp3) is 0.500. The Labute approximate surface area is 98.9 Å². The van der Waals surface area contributed by atoms with Gasteiger partial charge in [-0.3, -0.25) is 0 Å². The summed E-state index contributed by atoms with van der Waals surface area (Å²) in [5.41, 5.74) is 1.05. The van der Waals surface area contributed by atoms with Crippen LogP contribution < -0.4 is 5.32 Å². The second kappa shape index (κ2) is 4.37. The molecule has 1 saturated carbocycles. The first-order chi connectivity index (χ1) is 7.93. The van der Waals surface area contributed by atoms with Gasteiger partial charge in [0.1, 0.15) is 12.1 Å². The van der Waals surface area contributed by atoms with E-state index in [1.807, 2.05) is 6.07 Å². The minimum absolute atomic E-state index is 0.952. The molecule has 2 aromatic heterocycles. The lowest BCUT2D eigenvalue weighted by Crippen LogP contribution is -2.15. The molecule has 0 aliphatic heterocycles. The molecule has 0 spiro atoms. The van der Waals surface area contributed by atoms with Gasteiger partial charge < -0.3 is 5.32 Å². The van der Waals surface area contributed by atoms with Crippen LogP contribution in [0.2, 0.25) is 0 Å². The maximum absolute atomic E-state index is 4.31. The molecule has 0 radical (unpaired) electrons. The van der Waals surface area contributed by atoms with Crippen molar-refractivity contribution in [2.45, 2.75) is 25.7 Å². The van der Waals surface area contributed by atoms with Gasteiger partial charge in [0, 0.05) is 6.54 Å². The number of hydrogen-bond donors (Lipinski definition) is 1. The Kier molecular flexibility index (Phi) is 2.74. The van der Waals surface area contributed by atoms with Crippen LogP contribution in [-0.4, -0.2) is 16.5 Å². The van der Waals surface area contributed by atoms with Crippen LogP contribution in [0.15, 0.2) is 17.8 Å². The molecule has 0 aromatic carbocycles. The zero-order valence-electron chi connectivity index (χ0n) is 9.15. The molecule has 0 bridgehead atoms. The van der Waals surface area contributed by atoms with Crippen LogP contribution >= 0.6 is 11.3 Å². The van der Waals surface area contributed by atoms with E-state index >= 15 is 0 Å². The lowest BCUT2D eigenvalue weighted by molar-refractivity contribution is 0.303. The molecule has 2 heterocycles. The van der Waals surface area contributed by atoms with E-state index in [1.165, 1.54) is 30.4 Å². The summed E-state index contributed by atoms with van der Waals surface area (Å²) in [7, 11) is 0. The molecule has 0 unspecified atom stereocenters. The fourth-order valence-electron chi connectivity index (χ4n) is 2.09. The van der Waals surface area contributed by atoms with Crippen LogP contribution in [0.5, 0.6) is 0 Å². The van der Waals surface area contributed by atoms with E-state index in [2.05, 4.69) is 20.7 Å². The van der Waals surface area contributed by atoms with Crippen molar-refractivity contribution in [3.8, 4) is 0 Å². The van der Waals surface area contributed by atoms with E-state index in [1.54, 1.807) is 17.7 Å². The Morgan fingerprint density at radius 1 is 1.38 bits per heavy atom. The summed E-state index contributed by atoms with van der Waals surface area (Å²) >= 11 is 1.71. The van der Waals surface area contributed by atoms with Gasteiger partial charge in [-0.1, -0.05) is 19.3 Å². The van der Waals surface area contributed by atoms with Crippen LogP contribution in [0.1, 0.15) is 25.7 Å². The standard InChI is InChI=1S/C12H15N3S/c1-2-9(3-1)4-6-13-12-11-10(5-7-16-11)14-8-15-12/h5,7-9H,1-4,6H2,(H,13,14,15). The van der Waals surface area contributed by atoms with Crippen molar-refractivity contribution in [3.05, 3.63) is 17.8 Å².